The number of halogens is 4. The van der Waals surface area contributed by atoms with Gasteiger partial charge in [0.25, 0.3) is 6.43 Å². The Morgan fingerprint density at radius 2 is 1.78 bits per heavy atom. The van der Waals surface area contributed by atoms with Crippen molar-refractivity contribution in [2.75, 3.05) is 55.6 Å². The zero-order valence-electron chi connectivity index (χ0n) is 23.1. The topological polar surface area (TPSA) is 90.6 Å². The van der Waals surface area contributed by atoms with Crippen molar-refractivity contribution in [1.29, 1.82) is 0 Å². The van der Waals surface area contributed by atoms with Gasteiger partial charge in [-0.05, 0) is 30.9 Å². The molecule has 0 spiro atoms. The highest BCUT2D eigenvalue weighted by atomic mass is 35.5. The highest BCUT2D eigenvalue weighted by Crippen LogP contribution is 2.37. The van der Waals surface area contributed by atoms with Gasteiger partial charge in [0.1, 0.15) is 11.3 Å². The Labute approximate surface area is 249 Å². The standard InChI is InChI=1S/C28H34ClF2N7O2.ClH/c1-18(2)16-35-8-10-36(11-9-35)28-32-13-19(14-33-28)22-6-5-20(29)12-24(22)37-7-3-4-21(17-37)38-25(26(30)31)23(15-34-38)27(39)40;/h5-6,12-15,18,21,26H,3-4,7-11,16-17H2,1-2H3,(H,39,40);1H. The minimum atomic E-state index is -2.94. The molecule has 1 N–H and O–H groups in total. The van der Waals surface area contributed by atoms with Gasteiger partial charge in [-0.1, -0.05) is 31.5 Å². The van der Waals surface area contributed by atoms with Crippen molar-refractivity contribution in [1.82, 2.24) is 24.6 Å². The summed E-state index contributed by atoms with van der Waals surface area (Å²) in [6.45, 7) is 10.4. The third-order valence-electron chi connectivity index (χ3n) is 7.54. The molecule has 2 aliphatic rings. The molecule has 0 bridgehead atoms. The van der Waals surface area contributed by atoms with Gasteiger partial charge in [0.2, 0.25) is 5.95 Å². The Hall–Kier alpha value is -3.02. The summed E-state index contributed by atoms with van der Waals surface area (Å²) in [6, 6.07) is 5.18. The second-order valence-corrected chi connectivity index (χ2v) is 11.3. The molecule has 1 unspecified atom stereocenters. The summed E-state index contributed by atoms with van der Waals surface area (Å²) in [5, 5.41) is 14.0. The van der Waals surface area contributed by atoms with E-state index in [0.717, 1.165) is 62.2 Å². The number of anilines is 2. The molecule has 0 amide bonds. The smallest absolute Gasteiger partial charge is 0.339 e. The summed E-state index contributed by atoms with van der Waals surface area (Å²) in [5.74, 6) is -0.0693. The highest BCUT2D eigenvalue weighted by molar-refractivity contribution is 6.31. The number of carboxylic acids is 1. The fourth-order valence-corrected chi connectivity index (χ4v) is 5.87. The first-order chi connectivity index (χ1) is 19.2. The molecule has 3 aromatic rings. The van der Waals surface area contributed by atoms with Gasteiger partial charge in [0.15, 0.2) is 0 Å². The average molecular weight is 611 g/mol. The predicted octanol–water partition coefficient (Wildman–Crippen LogP) is 5.67. The van der Waals surface area contributed by atoms with Gasteiger partial charge in [-0.2, -0.15) is 5.10 Å². The molecule has 5 rings (SSSR count). The van der Waals surface area contributed by atoms with Crippen LogP contribution >= 0.6 is 24.0 Å². The van der Waals surface area contributed by atoms with E-state index < -0.39 is 29.7 Å². The zero-order valence-corrected chi connectivity index (χ0v) is 24.7. The first kappa shape index (κ1) is 30.9. The minimum Gasteiger partial charge on any atom is -0.478 e. The van der Waals surface area contributed by atoms with Crippen molar-refractivity contribution in [2.24, 2.45) is 5.92 Å². The van der Waals surface area contributed by atoms with Crippen LogP contribution in [0.3, 0.4) is 0 Å². The molecule has 2 saturated heterocycles. The lowest BCUT2D eigenvalue weighted by Gasteiger charge is -2.36. The molecule has 2 fully saturated rings. The quantitative estimate of drug-likeness (QED) is 0.349. The van der Waals surface area contributed by atoms with Crippen LogP contribution in [0.1, 0.15) is 55.2 Å². The van der Waals surface area contributed by atoms with Crippen LogP contribution in [0.2, 0.25) is 5.02 Å². The summed E-state index contributed by atoms with van der Waals surface area (Å²) in [6.07, 6.45) is 3.03. The molecule has 41 heavy (non-hydrogen) atoms. The third kappa shape index (κ3) is 6.90. The molecule has 0 radical (unpaired) electrons. The minimum absolute atomic E-state index is 0. The van der Waals surface area contributed by atoms with Gasteiger partial charge in [0, 0.05) is 80.0 Å². The summed E-state index contributed by atoms with van der Waals surface area (Å²) < 4.78 is 28.9. The number of aromatic nitrogens is 4. The van der Waals surface area contributed by atoms with Crippen LogP contribution in [-0.2, 0) is 0 Å². The molecule has 4 heterocycles. The lowest BCUT2D eigenvalue weighted by molar-refractivity contribution is 0.0681. The van der Waals surface area contributed by atoms with E-state index >= 15 is 0 Å². The number of nitrogens with zero attached hydrogens (tertiary/aromatic N) is 7. The predicted molar refractivity (Wildman–Crippen MR) is 158 cm³/mol. The Morgan fingerprint density at radius 1 is 1.07 bits per heavy atom. The Kier molecular flexibility index (Phi) is 10.0. The molecule has 1 atom stereocenters. The number of hydrogen-bond acceptors (Lipinski definition) is 7. The van der Waals surface area contributed by atoms with Crippen LogP contribution in [0.15, 0.2) is 36.8 Å². The van der Waals surface area contributed by atoms with Crippen LogP contribution in [0.4, 0.5) is 20.4 Å². The van der Waals surface area contributed by atoms with Crippen molar-refractivity contribution < 1.29 is 18.7 Å². The Bertz CT molecular complexity index is 1330. The molecule has 2 aliphatic heterocycles. The van der Waals surface area contributed by atoms with E-state index in [1.165, 1.54) is 4.68 Å². The average Bonchev–Trinajstić information content (AvgIpc) is 3.40. The molecular weight excluding hydrogens is 575 g/mol. The number of benzene rings is 1. The maximum absolute atomic E-state index is 13.9. The first-order valence-electron chi connectivity index (χ1n) is 13.6. The maximum atomic E-state index is 13.9. The zero-order chi connectivity index (χ0) is 28.4. The van der Waals surface area contributed by atoms with E-state index in [2.05, 4.69) is 43.6 Å². The lowest BCUT2D eigenvalue weighted by Crippen LogP contribution is -2.47. The molecular formula is C28H35Cl2F2N7O2. The van der Waals surface area contributed by atoms with Crippen molar-refractivity contribution in [3.63, 3.8) is 0 Å². The number of piperazine rings is 1. The number of hydrogen-bond donors (Lipinski definition) is 1. The molecule has 222 valence electrons. The van der Waals surface area contributed by atoms with Crippen LogP contribution in [0.25, 0.3) is 11.1 Å². The summed E-state index contributed by atoms with van der Waals surface area (Å²) in [5.41, 5.74) is 1.55. The number of rotatable bonds is 8. The van der Waals surface area contributed by atoms with Crippen LogP contribution < -0.4 is 9.80 Å². The third-order valence-corrected chi connectivity index (χ3v) is 7.78. The number of carboxylic acid groups (broad SMARTS) is 1. The lowest BCUT2D eigenvalue weighted by atomic mass is 10.0. The van der Waals surface area contributed by atoms with Gasteiger partial charge in [0.05, 0.1) is 12.2 Å². The van der Waals surface area contributed by atoms with Gasteiger partial charge >= 0.3 is 5.97 Å². The molecule has 9 nitrogen and oxygen atoms in total. The number of alkyl halides is 2. The van der Waals surface area contributed by atoms with E-state index in [1.807, 2.05) is 30.6 Å². The highest BCUT2D eigenvalue weighted by Gasteiger charge is 2.31. The molecule has 2 aromatic heterocycles. The van der Waals surface area contributed by atoms with Crippen LogP contribution in [0.5, 0.6) is 0 Å². The van der Waals surface area contributed by atoms with E-state index in [9.17, 15) is 18.7 Å². The van der Waals surface area contributed by atoms with E-state index in [4.69, 9.17) is 11.6 Å². The van der Waals surface area contributed by atoms with Gasteiger partial charge in [-0.15, -0.1) is 12.4 Å². The monoisotopic (exact) mass is 609 g/mol. The van der Waals surface area contributed by atoms with Gasteiger partial charge < -0.3 is 14.9 Å². The largest absolute Gasteiger partial charge is 0.478 e. The van der Waals surface area contributed by atoms with E-state index in [-0.39, 0.29) is 12.4 Å². The van der Waals surface area contributed by atoms with Crippen molar-refractivity contribution in [3.05, 3.63) is 53.1 Å². The second kappa shape index (κ2) is 13.3. The Balaban J connectivity index is 0.00000387. The van der Waals surface area contributed by atoms with Crippen LogP contribution in [-0.4, -0.2) is 81.5 Å². The number of aromatic carboxylic acids is 1. The maximum Gasteiger partial charge on any atom is 0.339 e. The van der Waals surface area contributed by atoms with Gasteiger partial charge in [-0.25, -0.2) is 23.5 Å². The van der Waals surface area contributed by atoms with Crippen molar-refractivity contribution in [3.8, 4) is 11.1 Å². The molecule has 13 heteroatoms. The SMILES string of the molecule is CC(C)CN1CCN(c2ncc(-c3ccc(Cl)cc3N3CCCC(n4ncc(C(=O)O)c4C(F)F)C3)cn2)CC1.Cl. The molecule has 0 aliphatic carbocycles. The first-order valence-corrected chi connectivity index (χ1v) is 14.0. The fourth-order valence-electron chi connectivity index (χ4n) is 5.70. The number of piperidine rings is 1. The van der Waals surface area contributed by atoms with E-state index in [1.54, 1.807) is 0 Å². The fraction of sp³-hybridized carbons (Fsp3) is 0.500. The summed E-state index contributed by atoms with van der Waals surface area (Å²) in [7, 11) is 0. The van der Waals surface area contributed by atoms with E-state index in [0.29, 0.717) is 36.4 Å². The number of carbonyl (C=O) groups is 1. The summed E-state index contributed by atoms with van der Waals surface area (Å²) >= 11 is 6.40. The van der Waals surface area contributed by atoms with Gasteiger partial charge in [-0.3, -0.25) is 9.58 Å². The molecule has 1 aromatic carbocycles. The van der Waals surface area contributed by atoms with Crippen LogP contribution in [0, 0.1) is 5.92 Å². The Morgan fingerprint density at radius 3 is 2.41 bits per heavy atom. The van der Waals surface area contributed by atoms with Crippen molar-refractivity contribution in [2.45, 2.75) is 39.2 Å². The second-order valence-electron chi connectivity index (χ2n) is 10.9. The summed E-state index contributed by atoms with van der Waals surface area (Å²) in [4.78, 5) is 27.6. The normalized spacial score (nSPS) is 18.2. The molecule has 0 saturated carbocycles. The van der Waals surface area contributed by atoms with Crippen molar-refractivity contribution >= 4 is 41.6 Å².